The van der Waals surface area contributed by atoms with Crippen LogP contribution in [-0.2, 0) is 0 Å². The lowest BCUT2D eigenvalue weighted by atomic mass is 10.0. The summed E-state index contributed by atoms with van der Waals surface area (Å²) in [7, 11) is 0. The second kappa shape index (κ2) is 4.73. The van der Waals surface area contributed by atoms with Gasteiger partial charge in [-0.25, -0.2) is 0 Å². The molecule has 0 atom stereocenters. The summed E-state index contributed by atoms with van der Waals surface area (Å²) in [5.41, 5.74) is 0. The summed E-state index contributed by atoms with van der Waals surface area (Å²) >= 11 is 0. The van der Waals surface area contributed by atoms with E-state index >= 15 is 0 Å². The number of nitrogens with zero attached hydrogens (tertiary/aromatic N) is 1. The Morgan fingerprint density at radius 2 is 2.00 bits per heavy atom. The molecule has 0 amide bonds. The number of hydrogen-bond donors (Lipinski definition) is 1. The molecule has 1 saturated heterocycles. The van der Waals surface area contributed by atoms with Crippen LogP contribution in [0.3, 0.4) is 0 Å². The minimum atomic E-state index is 0.358. The average Bonchev–Trinajstić information content (AvgIpc) is 1.94. The first-order valence-electron chi connectivity index (χ1n) is 4.66. The molecule has 1 heterocycles. The second-order valence-corrected chi connectivity index (χ2v) is 3.65. The minimum Gasteiger partial charge on any atom is -0.396 e. The highest BCUT2D eigenvalue weighted by Gasteiger charge is 2.20. The van der Waals surface area contributed by atoms with Gasteiger partial charge in [0.1, 0.15) is 0 Å². The highest BCUT2D eigenvalue weighted by molar-refractivity contribution is 4.75. The molecule has 0 aromatic rings. The molecule has 0 saturated carbocycles. The monoisotopic (exact) mass is 157 g/mol. The molecule has 2 nitrogen and oxygen atoms in total. The maximum Gasteiger partial charge on any atom is 0.0431 e. The fourth-order valence-corrected chi connectivity index (χ4v) is 1.63. The van der Waals surface area contributed by atoms with Crippen LogP contribution in [0, 0.1) is 5.92 Å². The Kier molecular flexibility index (Phi) is 3.87. The van der Waals surface area contributed by atoms with Gasteiger partial charge in [0, 0.05) is 19.7 Å². The van der Waals surface area contributed by atoms with Gasteiger partial charge in [0.25, 0.3) is 0 Å². The number of rotatable bonds is 5. The van der Waals surface area contributed by atoms with Crippen LogP contribution in [0.25, 0.3) is 0 Å². The van der Waals surface area contributed by atoms with Crippen molar-refractivity contribution in [1.29, 1.82) is 0 Å². The zero-order valence-corrected chi connectivity index (χ0v) is 7.42. The Morgan fingerprint density at radius 3 is 2.55 bits per heavy atom. The standard InChI is InChI=1S/C9H19NO/c1-9-7-10(8-9)5-3-2-4-6-11/h9,11H,2-8H2,1H3. The Balaban J connectivity index is 1.81. The van der Waals surface area contributed by atoms with Crippen LogP contribution in [0.4, 0.5) is 0 Å². The van der Waals surface area contributed by atoms with Crippen molar-refractivity contribution in [2.75, 3.05) is 26.2 Å². The van der Waals surface area contributed by atoms with E-state index in [1.54, 1.807) is 0 Å². The van der Waals surface area contributed by atoms with E-state index in [1.807, 2.05) is 0 Å². The Bertz CT molecular complexity index is 99.7. The van der Waals surface area contributed by atoms with Gasteiger partial charge in [0.2, 0.25) is 0 Å². The number of hydrogen-bond acceptors (Lipinski definition) is 2. The van der Waals surface area contributed by atoms with E-state index in [9.17, 15) is 0 Å². The normalized spacial score (nSPS) is 20.2. The largest absolute Gasteiger partial charge is 0.396 e. The summed E-state index contributed by atoms with van der Waals surface area (Å²) in [6, 6.07) is 0. The lowest BCUT2D eigenvalue weighted by Gasteiger charge is -2.37. The van der Waals surface area contributed by atoms with Crippen LogP contribution >= 0.6 is 0 Å². The van der Waals surface area contributed by atoms with E-state index in [2.05, 4.69) is 11.8 Å². The third kappa shape index (κ3) is 3.21. The van der Waals surface area contributed by atoms with Crippen molar-refractivity contribution >= 4 is 0 Å². The molecule has 1 rings (SSSR count). The smallest absolute Gasteiger partial charge is 0.0431 e. The number of aliphatic hydroxyl groups is 1. The average molecular weight is 157 g/mol. The summed E-state index contributed by atoms with van der Waals surface area (Å²) in [6.45, 7) is 6.48. The van der Waals surface area contributed by atoms with Gasteiger partial charge in [-0.3, -0.25) is 0 Å². The van der Waals surface area contributed by atoms with Gasteiger partial charge in [-0.2, -0.15) is 0 Å². The summed E-state index contributed by atoms with van der Waals surface area (Å²) < 4.78 is 0. The van der Waals surface area contributed by atoms with Gasteiger partial charge in [0.05, 0.1) is 0 Å². The van der Waals surface area contributed by atoms with Gasteiger partial charge in [-0.15, -0.1) is 0 Å². The van der Waals surface area contributed by atoms with Gasteiger partial charge < -0.3 is 10.0 Å². The van der Waals surface area contributed by atoms with Gasteiger partial charge in [-0.1, -0.05) is 6.92 Å². The predicted octanol–water partition coefficient (Wildman–Crippen LogP) is 1.10. The Hall–Kier alpha value is -0.0800. The molecule has 0 aliphatic carbocycles. The van der Waals surface area contributed by atoms with Crippen molar-refractivity contribution in [1.82, 2.24) is 4.90 Å². The zero-order valence-electron chi connectivity index (χ0n) is 7.42. The van der Waals surface area contributed by atoms with Crippen LogP contribution in [0.15, 0.2) is 0 Å². The van der Waals surface area contributed by atoms with E-state index in [1.165, 1.54) is 32.5 Å². The molecular formula is C9H19NO. The highest BCUT2D eigenvalue weighted by Crippen LogP contribution is 2.14. The first-order chi connectivity index (χ1) is 5.33. The van der Waals surface area contributed by atoms with E-state index in [-0.39, 0.29) is 0 Å². The van der Waals surface area contributed by atoms with Crippen LogP contribution in [0.5, 0.6) is 0 Å². The molecule has 1 aliphatic heterocycles. The maximum absolute atomic E-state index is 8.53. The molecular weight excluding hydrogens is 138 g/mol. The lowest BCUT2D eigenvalue weighted by molar-refractivity contribution is 0.110. The first-order valence-corrected chi connectivity index (χ1v) is 4.66. The number of unbranched alkanes of at least 4 members (excludes halogenated alkanes) is 2. The van der Waals surface area contributed by atoms with Crippen molar-refractivity contribution < 1.29 is 5.11 Å². The molecule has 1 fully saturated rings. The van der Waals surface area contributed by atoms with Crippen molar-refractivity contribution in [3.63, 3.8) is 0 Å². The molecule has 66 valence electrons. The topological polar surface area (TPSA) is 23.5 Å². The van der Waals surface area contributed by atoms with Gasteiger partial charge >= 0.3 is 0 Å². The summed E-state index contributed by atoms with van der Waals surface area (Å²) in [4.78, 5) is 2.49. The molecule has 2 heteroatoms. The SMILES string of the molecule is CC1CN(CCCCCO)C1. The lowest BCUT2D eigenvalue weighted by Crippen LogP contribution is -2.45. The maximum atomic E-state index is 8.53. The van der Waals surface area contributed by atoms with Gasteiger partial charge in [0.15, 0.2) is 0 Å². The van der Waals surface area contributed by atoms with Crippen molar-refractivity contribution in [3.8, 4) is 0 Å². The summed E-state index contributed by atoms with van der Waals surface area (Å²) in [6.07, 6.45) is 3.41. The number of aliphatic hydroxyl groups excluding tert-OH is 1. The number of likely N-dealkylation sites (tertiary alicyclic amines) is 1. The van der Waals surface area contributed by atoms with Crippen molar-refractivity contribution in [2.45, 2.75) is 26.2 Å². The minimum absolute atomic E-state index is 0.358. The van der Waals surface area contributed by atoms with E-state index in [4.69, 9.17) is 5.11 Å². The molecule has 0 spiro atoms. The Morgan fingerprint density at radius 1 is 1.27 bits per heavy atom. The van der Waals surface area contributed by atoms with Crippen LogP contribution in [0.1, 0.15) is 26.2 Å². The third-order valence-electron chi connectivity index (χ3n) is 2.27. The van der Waals surface area contributed by atoms with E-state index in [0.717, 1.165) is 12.3 Å². The van der Waals surface area contributed by atoms with Crippen LogP contribution < -0.4 is 0 Å². The first kappa shape index (κ1) is 9.01. The fourth-order valence-electron chi connectivity index (χ4n) is 1.63. The highest BCUT2D eigenvalue weighted by atomic mass is 16.2. The van der Waals surface area contributed by atoms with Crippen molar-refractivity contribution in [2.24, 2.45) is 5.92 Å². The third-order valence-corrected chi connectivity index (χ3v) is 2.27. The zero-order chi connectivity index (χ0) is 8.10. The van der Waals surface area contributed by atoms with E-state index < -0.39 is 0 Å². The van der Waals surface area contributed by atoms with Crippen molar-refractivity contribution in [3.05, 3.63) is 0 Å². The molecule has 0 aromatic heterocycles. The Labute approximate surface area is 69.2 Å². The van der Waals surface area contributed by atoms with Gasteiger partial charge in [-0.05, 0) is 31.7 Å². The molecule has 0 bridgehead atoms. The molecule has 1 aliphatic rings. The summed E-state index contributed by atoms with van der Waals surface area (Å²) in [5, 5.41) is 8.53. The second-order valence-electron chi connectivity index (χ2n) is 3.65. The fraction of sp³-hybridized carbons (Fsp3) is 1.00. The summed E-state index contributed by atoms with van der Waals surface area (Å²) in [5.74, 6) is 0.924. The quantitative estimate of drug-likeness (QED) is 0.604. The van der Waals surface area contributed by atoms with Crippen LogP contribution in [-0.4, -0.2) is 36.2 Å². The molecule has 1 N–H and O–H groups in total. The molecule has 0 radical (unpaired) electrons. The van der Waals surface area contributed by atoms with Crippen LogP contribution in [0.2, 0.25) is 0 Å². The molecule has 0 aromatic carbocycles. The molecule has 11 heavy (non-hydrogen) atoms. The molecule has 0 unspecified atom stereocenters. The predicted molar refractivity (Wildman–Crippen MR) is 46.5 cm³/mol. The van der Waals surface area contributed by atoms with E-state index in [0.29, 0.717) is 6.61 Å².